The third-order valence-corrected chi connectivity index (χ3v) is 4.87. The van der Waals surface area contributed by atoms with Crippen LogP contribution in [0.4, 0.5) is 0 Å². The van der Waals surface area contributed by atoms with Crippen LogP contribution >= 0.6 is 0 Å². The van der Waals surface area contributed by atoms with Crippen molar-refractivity contribution in [1.29, 1.82) is 5.26 Å². The SMILES string of the molecule is N#CC(CC(=O)O)c1ccc(OCc2ccc(OCC(N=O)c3ccccc3)cc2)cc1. The molecule has 0 saturated carbocycles. The molecule has 0 aliphatic heterocycles. The van der Waals surface area contributed by atoms with E-state index in [1.165, 1.54) is 0 Å². The maximum Gasteiger partial charge on any atom is 0.305 e. The molecule has 0 bridgehead atoms. The Kier molecular flexibility index (Phi) is 7.93. The van der Waals surface area contributed by atoms with Gasteiger partial charge in [0.1, 0.15) is 24.7 Å². The number of hydrogen-bond donors (Lipinski definition) is 1. The second kappa shape index (κ2) is 11.3. The van der Waals surface area contributed by atoms with Gasteiger partial charge >= 0.3 is 5.97 Å². The standard InChI is InChI=1S/C25H22N2O5/c26-15-21(14-25(28)29)19-8-12-23(13-9-19)31-16-18-6-10-22(11-7-18)32-17-24(27-30)20-4-2-1-3-5-20/h1-13,21,24H,14,16-17H2,(H,28,29). The second-order valence-corrected chi connectivity index (χ2v) is 7.12. The number of ether oxygens (including phenoxy) is 2. The van der Waals surface area contributed by atoms with Gasteiger partial charge in [-0.15, -0.1) is 0 Å². The normalized spacial score (nSPS) is 12.2. The lowest BCUT2D eigenvalue weighted by Crippen LogP contribution is -2.08. The number of benzene rings is 3. The van der Waals surface area contributed by atoms with Gasteiger partial charge in [0.05, 0.1) is 18.4 Å². The largest absolute Gasteiger partial charge is 0.491 e. The van der Waals surface area contributed by atoms with E-state index in [1.54, 1.807) is 36.4 Å². The molecule has 0 aliphatic carbocycles. The van der Waals surface area contributed by atoms with Crippen molar-refractivity contribution in [2.24, 2.45) is 5.18 Å². The highest BCUT2D eigenvalue weighted by Gasteiger charge is 2.15. The van der Waals surface area contributed by atoms with Crippen LogP contribution in [0.1, 0.15) is 35.1 Å². The molecule has 2 atom stereocenters. The van der Waals surface area contributed by atoms with Crippen molar-refractivity contribution in [3.8, 4) is 17.6 Å². The van der Waals surface area contributed by atoms with Gasteiger partial charge in [-0.05, 0) is 41.0 Å². The fourth-order valence-electron chi connectivity index (χ4n) is 3.10. The summed E-state index contributed by atoms with van der Waals surface area (Å²) in [5, 5.41) is 21.2. The first-order chi connectivity index (χ1) is 15.6. The van der Waals surface area contributed by atoms with Gasteiger partial charge < -0.3 is 14.6 Å². The summed E-state index contributed by atoms with van der Waals surface area (Å²) in [6, 6.07) is 24.9. The molecular formula is C25H22N2O5. The Balaban J connectivity index is 1.51. The Labute approximate surface area is 185 Å². The summed E-state index contributed by atoms with van der Waals surface area (Å²) in [4.78, 5) is 22.0. The fraction of sp³-hybridized carbons (Fsp3) is 0.200. The fourth-order valence-corrected chi connectivity index (χ4v) is 3.10. The number of nitrogens with zero attached hydrogens (tertiary/aromatic N) is 2. The Morgan fingerprint density at radius 2 is 1.53 bits per heavy atom. The summed E-state index contributed by atoms with van der Waals surface area (Å²) in [7, 11) is 0. The Morgan fingerprint density at radius 1 is 0.906 bits per heavy atom. The monoisotopic (exact) mass is 430 g/mol. The van der Waals surface area contributed by atoms with E-state index < -0.39 is 17.9 Å². The first kappa shape index (κ1) is 22.5. The van der Waals surface area contributed by atoms with Gasteiger partial charge in [-0.3, -0.25) is 4.79 Å². The van der Waals surface area contributed by atoms with Crippen molar-refractivity contribution < 1.29 is 19.4 Å². The van der Waals surface area contributed by atoms with Gasteiger partial charge in [-0.1, -0.05) is 59.8 Å². The van der Waals surface area contributed by atoms with E-state index in [2.05, 4.69) is 5.18 Å². The highest BCUT2D eigenvalue weighted by atomic mass is 16.5. The van der Waals surface area contributed by atoms with E-state index in [4.69, 9.17) is 19.8 Å². The van der Waals surface area contributed by atoms with Crippen LogP contribution in [0.25, 0.3) is 0 Å². The third kappa shape index (κ3) is 6.41. The molecule has 0 fully saturated rings. The first-order valence-electron chi connectivity index (χ1n) is 10.0. The predicted molar refractivity (Wildman–Crippen MR) is 118 cm³/mol. The molecule has 162 valence electrons. The minimum atomic E-state index is -1.01. The third-order valence-electron chi connectivity index (χ3n) is 4.87. The molecule has 3 aromatic rings. The van der Waals surface area contributed by atoms with E-state index >= 15 is 0 Å². The number of aliphatic carboxylic acids is 1. The number of rotatable bonds is 11. The molecule has 0 radical (unpaired) electrons. The Bertz CT molecular complexity index is 1060. The summed E-state index contributed by atoms with van der Waals surface area (Å²) in [6.07, 6.45) is -0.236. The maximum atomic E-state index is 11.1. The van der Waals surface area contributed by atoms with Gasteiger partial charge in [0.25, 0.3) is 0 Å². The van der Waals surface area contributed by atoms with E-state index in [0.717, 1.165) is 11.1 Å². The quantitative estimate of drug-likeness (QED) is 0.417. The maximum absolute atomic E-state index is 11.1. The minimum Gasteiger partial charge on any atom is -0.491 e. The number of nitriles is 1. The average molecular weight is 430 g/mol. The summed E-state index contributed by atoms with van der Waals surface area (Å²) >= 11 is 0. The molecule has 3 rings (SSSR count). The van der Waals surface area contributed by atoms with Crippen LogP contribution in [-0.2, 0) is 11.4 Å². The van der Waals surface area contributed by atoms with Crippen LogP contribution in [-0.4, -0.2) is 17.7 Å². The van der Waals surface area contributed by atoms with Crippen LogP contribution < -0.4 is 9.47 Å². The highest BCUT2D eigenvalue weighted by Crippen LogP contribution is 2.23. The molecule has 7 heteroatoms. The zero-order valence-electron chi connectivity index (χ0n) is 17.3. The molecule has 0 spiro atoms. The van der Waals surface area contributed by atoms with E-state index in [9.17, 15) is 9.70 Å². The molecule has 0 saturated heterocycles. The van der Waals surface area contributed by atoms with Crippen LogP contribution in [0.15, 0.2) is 84.0 Å². The molecule has 0 aromatic heterocycles. The summed E-state index contributed by atoms with van der Waals surface area (Å²) < 4.78 is 11.5. The van der Waals surface area contributed by atoms with Gasteiger partial charge in [0.2, 0.25) is 0 Å². The molecule has 0 aliphatic rings. The van der Waals surface area contributed by atoms with E-state index in [-0.39, 0.29) is 13.0 Å². The van der Waals surface area contributed by atoms with Crippen molar-refractivity contribution in [2.45, 2.75) is 25.0 Å². The van der Waals surface area contributed by atoms with Gasteiger partial charge in [-0.25, -0.2) is 0 Å². The molecular weight excluding hydrogens is 408 g/mol. The van der Waals surface area contributed by atoms with Crippen LogP contribution in [0.5, 0.6) is 11.5 Å². The lowest BCUT2D eigenvalue weighted by Gasteiger charge is -2.12. The Morgan fingerprint density at radius 3 is 2.12 bits per heavy atom. The number of hydrogen-bond acceptors (Lipinski definition) is 6. The number of carbonyl (C=O) groups is 1. The Hall–Kier alpha value is -4.18. The van der Waals surface area contributed by atoms with E-state index in [0.29, 0.717) is 23.7 Å². The lowest BCUT2D eigenvalue weighted by atomic mass is 9.97. The predicted octanol–water partition coefficient (Wildman–Crippen LogP) is 5.23. The summed E-state index contributed by atoms with van der Waals surface area (Å²) in [5.41, 5.74) is 2.38. The highest BCUT2D eigenvalue weighted by molar-refractivity contribution is 5.68. The summed E-state index contributed by atoms with van der Waals surface area (Å²) in [6.45, 7) is 0.486. The topological polar surface area (TPSA) is 109 Å². The minimum absolute atomic E-state index is 0.154. The number of nitroso groups, excluding NO2 is 1. The van der Waals surface area contributed by atoms with Gasteiger partial charge in [0.15, 0.2) is 6.04 Å². The average Bonchev–Trinajstić information content (AvgIpc) is 2.83. The van der Waals surface area contributed by atoms with Gasteiger partial charge in [0, 0.05) is 0 Å². The first-order valence-corrected chi connectivity index (χ1v) is 10.0. The molecule has 0 amide bonds. The number of carboxylic acids is 1. The van der Waals surface area contributed by atoms with Crippen molar-refractivity contribution in [2.75, 3.05) is 6.61 Å². The lowest BCUT2D eigenvalue weighted by molar-refractivity contribution is -0.137. The molecule has 32 heavy (non-hydrogen) atoms. The van der Waals surface area contributed by atoms with Gasteiger partial charge in [-0.2, -0.15) is 10.2 Å². The zero-order valence-corrected chi connectivity index (χ0v) is 17.3. The van der Waals surface area contributed by atoms with E-state index in [1.807, 2.05) is 48.5 Å². The van der Waals surface area contributed by atoms with Crippen molar-refractivity contribution in [3.05, 3.63) is 100 Å². The molecule has 3 aromatic carbocycles. The molecule has 2 unspecified atom stereocenters. The zero-order chi connectivity index (χ0) is 22.8. The molecule has 7 nitrogen and oxygen atoms in total. The van der Waals surface area contributed by atoms with Crippen LogP contribution in [0.3, 0.4) is 0 Å². The number of carboxylic acid groups (broad SMARTS) is 1. The molecule has 1 N–H and O–H groups in total. The van der Waals surface area contributed by atoms with Crippen molar-refractivity contribution >= 4 is 5.97 Å². The van der Waals surface area contributed by atoms with Crippen LogP contribution in [0, 0.1) is 16.2 Å². The molecule has 0 heterocycles. The van der Waals surface area contributed by atoms with Crippen LogP contribution in [0.2, 0.25) is 0 Å². The van der Waals surface area contributed by atoms with Crippen molar-refractivity contribution in [1.82, 2.24) is 0 Å². The smallest absolute Gasteiger partial charge is 0.305 e. The second-order valence-electron chi connectivity index (χ2n) is 7.12. The summed E-state index contributed by atoms with van der Waals surface area (Å²) in [5.74, 6) is -0.458. The van der Waals surface area contributed by atoms with Crippen molar-refractivity contribution in [3.63, 3.8) is 0 Å².